The Morgan fingerprint density at radius 3 is 2.16 bits per heavy atom. The molecule has 3 rings (SSSR count). The molecule has 9 nitrogen and oxygen atoms in total. The van der Waals surface area contributed by atoms with Gasteiger partial charge in [-0.1, -0.05) is 6.92 Å². The highest BCUT2D eigenvalue weighted by molar-refractivity contribution is 5.94. The van der Waals surface area contributed by atoms with Gasteiger partial charge in [-0.15, -0.1) is 0 Å². The van der Waals surface area contributed by atoms with Crippen LogP contribution in [0.5, 0.6) is 0 Å². The van der Waals surface area contributed by atoms with Gasteiger partial charge in [-0.2, -0.15) is 9.97 Å². The van der Waals surface area contributed by atoms with Gasteiger partial charge in [0, 0.05) is 20.6 Å². The predicted molar refractivity (Wildman–Crippen MR) is 100 cm³/mol. The van der Waals surface area contributed by atoms with Gasteiger partial charge in [0.25, 0.3) is 0 Å². The first-order chi connectivity index (χ1) is 12.2. The lowest BCUT2D eigenvalue weighted by molar-refractivity contribution is 0.171. The molecule has 5 N–H and O–H groups in total. The summed E-state index contributed by atoms with van der Waals surface area (Å²) >= 11 is 0. The van der Waals surface area contributed by atoms with Gasteiger partial charge < -0.3 is 26.4 Å². The maximum Gasteiger partial charge on any atom is 0.225 e. The Balaban J connectivity index is 2.10. The second-order valence-electron chi connectivity index (χ2n) is 6.16. The Bertz CT molecular complexity index is 738. The molecule has 0 radical (unpaired) electrons. The van der Waals surface area contributed by atoms with Gasteiger partial charge in [0.2, 0.25) is 11.9 Å². The standard InChI is InChI=1S/C16H26N8O/c1-4-8-19-13-11-12(22-15(17-2)23-13)14(24-16(18-3)21-11)20-9-6-5-7-10(9)25/h9-10,25H,4-8H2,1-3H3,(H2,17,19,22,23)(H2,18,20,21,24)/t9-,10-/m0/s1. The first-order valence-electron chi connectivity index (χ1n) is 8.80. The van der Waals surface area contributed by atoms with Crippen molar-refractivity contribution in [2.45, 2.75) is 44.8 Å². The predicted octanol–water partition coefficient (Wildman–Crippen LogP) is 1.65. The van der Waals surface area contributed by atoms with Crippen LogP contribution in [0, 0.1) is 0 Å². The van der Waals surface area contributed by atoms with E-state index in [0.29, 0.717) is 34.6 Å². The van der Waals surface area contributed by atoms with Gasteiger partial charge >= 0.3 is 0 Å². The van der Waals surface area contributed by atoms with Crippen molar-refractivity contribution in [1.82, 2.24) is 19.9 Å². The normalized spacial score (nSPS) is 19.8. The zero-order chi connectivity index (χ0) is 17.8. The molecule has 1 aliphatic carbocycles. The molecular formula is C16H26N8O. The molecule has 0 bridgehead atoms. The van der Waals surface area contributed by atoms with Crippen molar-refractivity contribution in [2.75, 3.05) is 41.9 Å². The zero-order valence-electron chi connectivity index (χ0n) is 14.9. The summed E-state index contributed by atoms with van der Waals surface area (Å²) in [5.74, 6) is 2.27. The molecule has 2 aromatic rings. The number of hydrogen-bond acceptors (Lipinski definition) is 9. The Hall–Kier alpha value is -2.42. The Labute approximate surface area is 147 Å². The van der Waals surface area contributed by atoms with Gasteiger partial charge in [-0.05, 0) is 25.7 Å². The van der Waals surface area contributed by atoms with Crippen molar-refractivity contribution in [3.63, 3.8) is 0 Å². The van der Waals surface area contributed by atoms with E-state index in [-0.39, 0.29) is 12.1 Å². The minimum Gasteiger partial charge on any atom is -0.391 e. The van der Waals surface area contributed by atoms with Gasteiger partial charge in [-0.3, -0.25) is 0 Å². The van der Waals surface area contributed by atoms with Crippen molar-refractivity contribution in [2.24, 2.45) is 0 Å². The van der Waals surface area contributed by atoms with Crippen LogP contribution in [-0.4, -0.2) is 57.8 Å². The van der Waals surface area contributed by atoms with E-state index < -0.39 is 0 Å². The Morgan fingerprint density at radius 1 is 0.960 bits per heavy atom. The number of aliphatic hydroxyl groups excluding tert-OH is 1. The van der Waals surface area contributed by atoms with Crippen LogP contribution in [-0.2, 0) is 0 Å². The molecule has 0 unspecified atom stereocenters. The van der Waals surface area contributed by atoms with E-state index in [0.717, 1.165) is 32.2 Å². The van der Waals surface area contributed by atoms with E-state index in [1.54, 1.807) is 14.1 Å². The van der Waals surface area contributed by atoms with E-state index in [2.05, 4.69) is 48.1 Å². The van der Waals surface area contributed by atoms with Crippen LogP contribution >= 0.6 is 0 Å². The number of aliphatic hydroxyl groups is 1. The summed E-state index contributed by atoms with van der Waals surface area (Å²) in [6, 6.07) is -0.0251. The van der Waals surface area contributed by atoms with E-state index in [1.165, 1.54) is 0 Å². The molecule has 2 atom stereocenters. The number of aromatic nitrogens is 4. The van der Waals surface area contributed by atoms with Crippen LogP contribution in [0.4, 0.5) is 23.5 Å². The average molecular weight is 346 g/mol. The Morgan fingerprint density at radius 2 is 1.60 bits per heavy atom. The van der Waals surface area contributed by atoms with Crippen molar-refractivity contribution in [1.29, 1.82) is 0 Å². The molecule has 0 aliphatic heterocycles. The molecule has 1 fully saturated rings. The number of fused-ring (bicyclic) bond motifs is 1. The van der Waals surface area contributed by atoms with Gasteiger partial charge in [-0.25, -0.2) is 9.97 Å². The highest BCUT2D eigenvalue weighted by Gasteiger charge is 2.27. The molecular weight excluding hydrogens is 320 g/mol. The van der Waals surface area contributed by atoms with Crippen LogP contribution in [0.3, 0.4) is 0 Å². The number of nitrogens with zero attached hydrogens (tertiary/aromatic N) is 4. The molecule has 25 heavy (non-hydrogen) atoms. The number of hydrogen-bond donors (Lipinski definition) is 5. The second kappa shape index (κ2) is 7.64. The van der Waals surface area contributed by atoms with E-state index in [1.807, 2.05) is 0 Å². The lowest BCUT2D eigenvalue weighted by atomic mass is 10.2. The largest absolute Gasteiger partial charge is 0.391 e. The molecule has 2 heterocycles. The first-order valence-corrected chi connectivity index (χ1v) is 8.80. The van der Waals surface area contributed by atoms with E-state index in [4.69, 9.17) is 0 Å². The van der Waals surface area contributed by atoms with Crippen LogP contribution in [0.25, 0.3) is 11.0 Å². The highest BCUT2D eigenvalue weighted by Crippen LogP contribution is 2.29. The highest BCUT2D eigenvalue weighted by atomic mass is 16.3. The molecule has 0 saturated heterocycles. The minimum absolute atomic E-state index is 0.0251. The lowest BCUT2D eigenvalue weighted by Crippen LogP contribution is -2.28. The fraction of sp³-hybridized carbons (Fsp3) is 0.625. The summed E-state index contributed by atoms with van der Waals surface area (Å²) in [5, 5.41) is 22.8. The second-order valence-corrected chi connectivity index (χ2v) is 6.16. The van der Waals surface area contributed by atoms with Crippen LogP contribution in [0.15, 0.2) is 0 Å². The van der Waals surface area contributed by atoms with E-state index >= 15 is 0 Å². The summed E-state index contributed by atoms with van der Waals surface area (Å²) in [6.45, 7) is 2.89. The monoisotopic (exact) mass is 346 g/mol. The molecule has 0 spiro atoms. The maximum absolute atomic E-state index is 10.1. The zero-order valence-corrected chi connectivity index (χ0v) is 14.9. The SMILES string of the molecule is CCCNc1nc(NC)nc2c(N[C@H]3CCC[C@@H]3O)nc(NC)nc12. The molecule has 0 aromatic carbocycles. The summed E-state index contributed by atoms with van der Waals surface area (Å²) in [6.07, 6.45) is 3.32. The topological polar surface area (TPSA) is 120 Å². The third-order valence-corrected chi connectivity index (χ3v) is 4.33. The fourth-order valence-electron chi connectivity index (χ4n) is 2.99. The molecule has 2 aromatic heterocycles. The number of nitrogens with one attached hydrogen (secondary N) is 4. The maximum atomic E-state index is 10.1. The summed E-state index contributed by atoms with van der Waals surface area (Å²) in [5.41, 5.74) is 1.29. The summed E-state index contributed by atoms with van der Waals surface area (Å²) < 4.78 is 0. The van der Waals surface area contributed by atoms with Crippen molar-refractivity contribution < 1.29 is 5.11 Å². The molecule has 9 heteroatoms. The van der Waals surface area contributed by atoms with Crippen molar-refractivity contribution in [3.05, 3.63) is 0 Å². The van der Waals surface area contributed by atoms with Crippen LogP contribution in [0.2, 0.25) is 0 Å². The molecule has 1 saturated carbocycles. The summed E-state index contributed by atoms with van der Waals surface area (Å²) in [7, 11) is 3.55. The van der Waals surface area contributed by atoms with Crippen LogP contribution in [0.1, 0.15) is 32.6 Å². The quantitative estimate of drug-likeness (QED) is 0.509. The smallest absolute Gasteiger partial charge is 0.225 e. The van der Waals surface area contributed by atoms with Gasteiger partial charge in [0.15, 0.2) is 11.6 Å². The molecule has 136 valence electrons. The Kier molecular flexibility index (Phi) is 5.32. The number of anilines is 4. The first kappa shape index (κ1) is 17.4. The third kappa shape index (κ3) is 3.65. The molecule has 0 amide bonds. The summed E-state index contributed by atoms with van der Waals surface area (Å²) in [4.78, 5) is 18.1. The number of rotatable bonds is 7. The van der Waals surface area contributed by atoms with E-state index in [9.17, 15) is 5.11 Å². The lowest BCUT2D eigenvalue weighted by Gasteiger charge is -2.19. The van der Waals surface area contributed by atoms with Gasteiger partial charge in [0.1, 0.15) is 11.0 Å². The van der Waals surface area contributed by atoms with Crippen molar-refractivity contribution >= 4 is 34.6 Å². The van der Waals surface area contributed by atoms with Gasteiger partial charge in [0.05, 0.1) is 12.1 Å². The van der Waals surface area contributed by atoms with Crippen molar-refractivity contribution in [3.8, 4) is 0 Å². The minimum atomic E-state index is -0.369. The van der Waals surface area contributed by atoms with Crippen LogP contribution < -0.4 is 21.3 Å². The molecule has 1 aliphatic rings. The fourth-order valence-corrected chi connectivity index (χ4v) is 2.99. The third-order valence-electron chi connectivity index (χ3n) is 4.33. The average Bonchev–Trinajstić information content (AvgIpc) is 3.04.